The third-order valence-electron chi connectivity index (χ3n) is 11.5. The zero-order chi connectivity index (χ0) is 39.0. The Labute approximate surface area is 339 Å². The molecule has 0 fully saturated rings. The topological polar surface area (TPSA) is 12.9 Å². The summed E-state index contributed by atoms with van der Waals surface area (Å²) in [5, 5.41) is 12.5. The molecule has 58 heavy (non-hydrogen) atoms. The third kappa shape index (κ3) is 6.09. The van der Waals surface area contributed by atoms with Crippen molar-refractivity contribution in [3.05, 3.63) is 212 Å². The minimum atomic E-state index is 0.981. The van der Waals surface area contributed by atoms with Gasteiger partial charge in [-0.05, 0) is 129 Å². The minimum Gasteiger partial charge on any atom is -0.256 e. The predicted octanol–water partition coefficient (Wildman–Crippen LogP) is 16.2. The fourth-order valence-electron chi connectivity index (χ4n) is 8.79. The Kier molecular flexibility index (Phi) is 9.05. The number of aromatic nitrogens is 1. The van der Waals surface area contributed by atoms with Gasteiger partial charge in [0, 0.05) is 11.8 Å². The molecule has 11 rings (SSSR count). The fourth-order valence-corrected chi connectivity index (χ4v) is 8.79. The molecular weight excluding hydrogens is 699 g/mol. The van der Waals surface area contributed by atoms with Crippen LogP contribution < -0.4 is 0 Å². The standard InChI is InChI=1S/C55H35N.C2H6/c1-2-11-36(12-3-1)43-28-31-50-52(35-43)55(53-19-8-9-32-56-53)49-16-7-6-15-48(49)54(50)40-26-22-38(23-27-40)37-20-24-39(25-21-37)45-17-10-18-46-47(45)30-29-44-33-41-13-4-5-14-42(41)34-51(44)46;1-2/h1-35H;1-2H3. The number of rotatable bonds is 5. The van der Waals surface area contributed by atoms with Crippen LogP contribution in [0, 0.1) is 0 Å². The van der Waals surface area contributed by atoms with Gasteiger partial charge in [0.05, 0.1) is 5.69 Å². The molecule has 0 aliphatic carbocycles. The van der Waals surface area contributed by atoms with Gasteiger partial charge in [0.15, 0.2) is 0 Å². The quantitative estimate of drug-likeness (QED) is 0.127. The van der Waals surface area contributed by atoms with Crippen molar-refractivity contribution in [2.24, 2.45) is 0 Å². The van der Waals surface area contributed by atoms with Gasteiger partial charge in [0.2, 0.25) is 0 Å². The van der Waals surface area contributed by atoms with Crippen LogP contribution in [0.4, 0.5) is 0 Å². The van der Waals surface area contributed by atoms with E-state index in [4.69, 9.17) is 4.98 Å². The first kappa shape index (κ1) is 35.1. The van der Waals surface area contributed by atoms with Gasteiger partial charge >= 0.3 is 0 Å². The van der Waals surface area contributed by atoms with E-state index in [1.54, 1.807) is 0 Å². The minimum absolute atomic E-state index is 0.981. The number of nitrogens with zero attached hydrogens (tertiary/aromatic N) is 1. The Morgan fingerprint density at radius 1 is 0.276 bits per heavy atom. The molecule has 0 spiro atoms. The van der Waals surface area contributed by atoms with E-state index in [-0.39, 0.29) is 0 Å². The van der Waals surface area contributed by atoms with Crippen molar-refractivity contribution in [1.29, 1.82) is 0 Å². The highest BCUT2D eigenvalue weighted by molar-refractivity contribution is 6.22. The lowest BCUT2D eigenvalue weighted by Gasteiger charge is -2.18. The molecule has 0 N–H and O–H groups in total. The summed E-state index contributed by atoms with van der Waals surface area (Å²) in [6.07, 6.45) is 1.89. The molecule has 0 bridgehead atoms. The van der Waals surface area contributed by atoms with Crippen molar-refractivity contribution in [3.8, 4) is 55.8 Å². The molecule has 0 unspecified atom stereocenters. The maximum absolute atomic E-state index is 4.86. The molecule has 1 aromatic heterocycles. The summed E-state index contributed by atoms with van der Waals surface area (Å²) in [7, 11) is 0. The van der Waals surface area contributed by atoms with Crippen LogP contribution in [-0.2, 0) is 0 Å². The van der Waals surface area contributed by atoms with Gasteiger partial charge in [-0.3, -0.25) is 4.98 Å². The van der Waals surface area contributed by atoms with Crippen LogP contribution in [-0.4, -0.2) is 4.98 Å². The summed E-state index contributed by atoms with van der Waals surface area (Å²) in [6, 6.07) is 75.2. The molecule has 1 heteroatoms. The molecule has 0 aliphatic heterocycles. The molecule has 0 saturated carbocycles. The highest BCUT2D eigenvalue weighted by atomic mass is 14.7. The van der Waals surface area contributed by atoms with Crippen LogP contribution in [0.2, 0.25) is 0 Å². The molecule has 0 aliphatic rings. The second-order valence-corrected chi connectivity index (χ2v) is 14.7. The van der Waals surface area contributed by atoms with E-state index >= 15 is 0 Å². The Morgan fingerprint density at radius 3 is 1.55 bits per heavy atom. The highest BCUT2D eigenvalue weighted by Crippen LogP contribution is 2.45. The Hall–Kier alpha value is -7.35. The molecule has 1 heterocycles. The van der Waals surface area contributed by atoms with Crippen molar-refractivity contribution >= 4 is 53.9 Å². The summed E-state index contributed by atoms with van der Waals surface area (Å²) >= 11 is 0. The maximum atomic E-state index is 4.86. The summed E-state index contributed by atoms with van der Waals surface area (Å²) in [6.45, 7) is 4.00. The summed E-state index contributed by atoms with van der Waals surface area (Å²) in [4.78, 5) is 4.86. The van der Waals surface area contributed by atoms with Crippen LogP contribution >= 0.6 is 0 Å². The summed E-state index contributed by atoms with van der Waals surface area (Å²) < 4.78 is 0. The van der Waals surface area contributed by atoms with E-state index < -0.39 is 0 Å². The van der Waals surface area contributed by atoms with Gasteiger partial charge in [-0.25, -0.2) is 0 Å². The monoisotopic (exact) mass is 739 g/mol. The number of pyridine rings is 1. The Bertz CT molecular complexity index is 3250. The number of hydrogen-bond acceptors (Lipinski definition) is 1. The zero-order valence-electron chi connectivity index (χ0n) is 32.7. The van der Waals surface area contributed by atoms with Crippen LogP contribution in [0.15, 0.2) is 212 Å². The lowest BCUT2D eigenvalue weighted by Crippen LogP contribution is -1.93. The first-order chi connectivity index (χ1) is 28.8. The number of fused-ring (bicyclic) bond motifs is 6. The van der Waals surface area contributed by atoms with Crippen molar-refractivity contribution in [2.75, 3.05) is 0 Å². The molecule has 0 atom stereocenters. The lowest BCUT2D eigenvalue weighted by atomic mass is 9.85. The molecule has 10 aromatic carbocycles. The normalized spacial score (nSPS) is 11.3. The maximum Gasteiger partial charge on any atom is 0.0714 e. The molecular formula is C57H41N. The molecule has 0 amide bonds. The van der Waals surface area contributed by atoms with Gasteiger partial charge in [-0.1, -0.05) is 190 Å². The van der Waals surface area contributed by atoms with E-state index in [0.717, 1.165) is 5.69 Å². The van der Waals surface area contributed by atoms with Gasteiger partial charge in [0.1, 0.15) is 0 Å². The summed E-state index contributed by atoms with van der Waals surface area (Å²) in [5.41, 5.74) is 11.9. The molecule has 0 radical (unpaired) electrons. The van der Waals surface area contributed by atoms with E-state index in [1.807, 2.05) is 26.1 Å². The molecule has 274 valence electrons. The number of hydrogen-bond donors (Lipinski definition) is 0. The highest BCUT2D eigenvalue weighted by Gasteiger charge is 2.18. The average Bonchev–Trinajstić information content (AvgIpc) is 3.31. The van der Waals surface area contributed by atoms with Crippen molar-refractivity contribution in [3.63, 3.8) is 0 Å². The average molecular weight is 740 g/mol. The van der Waals surface area contributed by atoms with E-state index in [9.17, 15) is 0 Å². The Morgan fingerprint density at radius 2 is 0.828 bits per heavy atom. The first-order valence-electron chi connectivity index (χ1n) is 20.3. The summed E-state index contributed by atoms with van der Waals surface area (Å²) in [5.74, 6) is 0. The van der Waals surface area contributed by atoms with Gasteiger partial charge < -0.3 is 0 Å². The van der Waals surface area contributed by atoms with Crippen LogP contribution in [0.1, 0.15) is 13.8 Å². The molecule has 1 nitrogen and oxygen atoms in total. The smallest absolute Gasteiger partial charge is 0.0714 e. The van der Waals surface area contributed by atoms with Crippen LogP contribution in [0.25, 0.3) is 110 Å². The Balaban J connectivity index is 0.00000201. The lowest BCUT2D eigenvalue weighted by molar-refractivity contribution is 1.34. The van der Waals surface area contributed by atoms with Crippen molar-refractivity contribution in [1.82, 2.24) is 4.98 Å². The van der Waals surface area contributed by atoms with E-state index in [2.05, 4.69) is 200 Å². The van der Waals surface area contributed by atoms with Gasteiger partial charge in [-0.15, -0.1) is 0 Å². The SMILES string of the molecule is CC.c1ccc(-c2ccc3c(-c4ccc(-c5ccc(-c6cccc7c6ccc6cc8ccccc8cc67)cc5)cc4)c4ccccc4c(-c4ccccn4)c3c2)cc1. The zero-order valence-corrected chi connectivity index (χ0v) is 32.7. The second-order valence-electron chi connectivity index (χ2n) is 14.7. The van der Waals surface area contributed by atoms with E-state index in [0.29, 0.717) is 0 Å². The number of benzene rings is 10. The largest absolute Gasteiger partial charge is 0.256 e. The second kappa shape index (κ2) is 15.0. The van der Waals surface area contributed by atoms with Crippen LogP contribution in [0.3, 0.4) is 0 Å². The van der Waals surface area contributed by atoms with Gasteiger partial charge in [0.25, 0.3) is 0 Å². The predicted molar refractivity (Wildman–Crippen MR) is 250 cm³/mol. The van der Waals surface area contributed by atoms with Gasteiger partial charge in [-0.2, -0.15) is 0 Å². The van der Waals surface area contributed by atoms with Crippen molar-refractivity contribution < 1.29 is 0 Å². The first-order valence-corrected chi connectivity index (χ1v) is 20.3. The molecule has 11 aromatic rings. The molecule has 0 saturated heterocycles. The van der Waals surface area contributed by atoms with E-state index in [1.165, 1.54) is 104 Å². The van der Waals surface area contributed by atoms with Crippen molar-refractivity contribution in [2.45, 2.75) is 13.8 Å². The third-order valence-corrected chi connectivity index (χ3v) is 11.5. The fraction of sp³-hybridized carbons (Fsp3) is 0.0351. The van der Waals surface area contributed by atoms with Crippen LogP contribution in [0.5, 0.6) is 0 Å².